The van der Waals surface area contributed by atoms with E-state index in [0.29, 0.717) is 33.8 Å². The zero-order valence-electron chi connectivity index (χ0n) is 13.8. The molecule has 26 heavy (non-hydrogen) atoms. The minimum absolute atomic E-state index is 0.0472. The van der Waals surface area contributed by atoms with E-state index >= 15 is 0 Å². The van der Waals surface area contributed by atoms with Crippen molar-refractivity contribution in [3.63, 3.8) is 0 Å². The Labute approximate surface area is 162 Å². The van der Waals surface area contributed by atoms with Crippen molar-refractivity contribution in [1.82, 2.24) is 0 Å². The van der Waals surface area contributed by atoms with Crippen molar-refractivity contribution in [2.75, 3.05) is 19.0 Å². The molecule has 0 fully saturated rings. The van der Waals surface area contributed by atoms with E-state index in [2.05, 4.69) is 26.0 Å². The highest BCUT2D eigenvalue weighted by Crippen LogP contribution is 2.37. The molecular weight excluding hydrogens is 436 g/mol. The summed E-state index contributed by atoms with van der Waals surface area (Å²) < 4.78 is 40.0. The Morgan fingerprint density at radius 3 is 2.58 bits per heavy atom. The van der Waals surface area contributed by atoms with Crippen molar-refractivity contribution in [1.29, 1.82) is 0 Å². The smallest absolute Gasteiger partial charge is 0.387 e. The van der Waals surface area contributed by atoms with Crippen LogP contribution in [0.4, 0.5) is 14.5 Å². The van der Waals surface area contributed by atoms with Gasteiger partial charge in [-0.1, -0.05) is 11.6 Å². The number of nitrogens with one attached hydrogen (secondary N) is 1. The molecule has 140 valence electrons. The molecule has 0 aliphatic carbocycles. The number of rotatable bonds is 7. The fourth-order valence-corrected chi connectivity index (χ4v) is 2.96. The van der Waals surface area contributed by atoms with Crippen LogP contribution in [-0.4, -0.2) is 26.2 Å². The van der Waals surface area contributed by atoms with Gasteiger partial charge in [0.2, 0.25) is 0 Å². The van der Waals surface area contributed by atoms with Crippen molar-refractivity contribution in [2.24, 2.45) is 0 Å². The van der Waals surface area contributed by atoms with Crippen LogP contribution in [0.1, 0.15) is 17.3 Å². The SMILES string of the molecule is CCOc1cc(C(=O)Nc2ccc(OC(F)F)c(Cl)c2)cc(Br)c1OC. The van der Waals surface area contributed by atoms with Gasteiger partial charge in [-0.3, -0.25) is 4.79 Å². The number of carbonyl (C=O) groups is 1. The summed E-state index contributed by atoms with van der Waals surface area (Å²) in [5, 5.41) is 2.58. The maximum atomic E-state index is 12.5. The molecule has 1 amide bonds. The van der Waals surface area contributed by atoms with Crippen molar-refractivity contribution >= 4 is 39.1 Å². The number of amides is 1. The van der Waals surface area contributed by atoms with E-state index < -0.39 is 12.5 Å². The van der Waals surface area contributed by atoms with Gasteiger partial charge in [-0.2, -0.15) is 8.78 Å². The first-order valence-electron chi connectivity index (χ1n) is 7.41. The Balaban J connectivity index is 2.23. The third kappa shape index (κ3) is 4.98. The number of hydrogen-bond donors (Lipinski definition) is 1. The summed E-state index contributed by atoms with van der Waals surface area (Å²) in [6.07, 6.45) is 0. The Hall–Kier alpha value is -2.06. The van der Waals surface area contributed by atoms with Crippen molar-refractivity contribution < 1.29 is 27.8 Å². The van der Waals surface area contributed by atoms with E-state index in [9.17, 15) is 13.6 Å². The molecule has 9 heteroatoms. The molecule has 2 aromatic carbocycles. The largest absolute Gasteiger partial charge is 0.492 e. The zero-order valence-corrected chi connectivity index (χ0v) is 16.2. The fraction of sp³-hybridized carbons (Fsp3) is 0.235. The van der Waals surface area contributed by atoms with Crippen molar-refractivity contribution in [3.8, 4) is 17.2 Å². The van der Waals surface area contributed by atoms with Crippen LogP contribution in [0.3, 0.4) is 0 Å². The van der Waals surface area contributed by atoms with Gasteiger partial charge in [-0.25, -0.2) is 0 Å². The first kappa shape index (κ1) is 20.3. The number of benzene rings is 2. The van der Waals surface area contributed by atoms with Gasteiger partial charge in [0.15, 0.2) is 11.5 Å². The molecule has 0 aliphatic heterocycles. The lowest BCUT2D eigenvalue weighted by atomic mass is 10.1. The van der Waals surface area contributed by atoms with Gasteiger partial charge in [-0.15, -0.1) is 0 Å². The third-order valence-electron chi connectivity index (χ3n) is 3.18. The van der Waals surface area contributed by atoms with Crippen LogP contribution in [0.25, 0.3) is 0 Å². The lowest BCUT2D eigenvalue weighted by Gasteiger charge is -2.14. The van der Waals surface area contributed by atoms with Gasteiger partial charge in [0.05, 0.1) is 23.2 Å². The molecule has 2 rings (SSSR count). The van der Waals surface area contributed by atoms with E-state index in [1.165, 1.54) is 31.4 Å². The molecule has 0 radical (unpaired) electrons. The first-order valence-corrected chi connectivity index (χ1v) is 8.58. The Kier molecular flexibility index (Phi) is 7.05. The zero-order chi connectivity index (χ0) is 19.3. The number of anilines is 1. The molecule has 0 heterocycles. The third-order valence-corrected chi connectivity index (χ3v) is 4.07. The molecule has 0 spiro atoms. The maximum absolute atomic E-state index is 12.5. The van der Waals surface area contributed by atoms with Crippen LogP contribution >= 0.6 is 27.5 Å². The van der Waals surface area contributed by atoms with Gasteiger partial charge < -0.3 is 19.5 Å². The standard InChI is InChI=1S/C17H15BrClF2NO4/c1-3-25-14-7-9(6-11(18)15(14)24-2)16(23)22-10-4-5-13(12(19)8-10)26-17(20)21/h4-8,17H,3H2,1-2H3,(H,22,23). The average molecular weight is 451 g/mol. The predicted octanol–water partition coefficient (Wildman–Crippen LogP) is 5.36. The van der Waals surface area contributed by atoms with Crippen LogP contribution < -0.4 is 19.5 Å². The Bertz CT molecular complexity index is 805. The molecule has 5 nitrogen and oxygen atoms in total. The van der Waals surface area contributed by atoms with Crippen LogP contribution in [-0.2, 0) is 0 Å². The van der Waals surface area contributed by atoms with E-state index in [1.807, 2.05) is 6.92 Å². The van der Waals surface area contributed by atoms with Crippen LogP contribution in [0.15, 0.2) is 34.8 Å². The Morgan fingerprint density at radius 2 is 2.00 bits per heavy atom. The summed E-state index contributed by atoms with van der Waals surface area (Å²) in [5.41, 5.74) is 0.636. The molecule has 0 aliphatic rings. The summed E-state index contributed by atoms with van der Waals surface area (Å²) in [6, 6.07) is 7.09. The maximum Gasteiger partial charge on any atom is 0.387 e. The summed E-state index contributed by atoms with van der Waals surface area (Å²) in [7, 11) is 1.49. The molecule has 0 bridgehead atoms. The number of carbonyl (C=O) groups excluding carboxylic acids is 1. The normalized spacial score (nSPS) is 10.6. The highest BCUT2D eigenvalue weighted by molar-refractivity contribution is 9.10. The van der Waals surface area contributed by atoms with Gasteiger partial charge in [0, 0.05) is 11.3 Å². The molecule has 0 saturated carbocycles. The molecule has 0 atom stereocenters. The molecule has 2 aromatic rings. The van der Waals surface area contributed by atoms with Gasteiger partial charge in [0.25, 0.3) is 5.91 Å². The second-order valence-electron chi connectivity index (χ2n) is 4.90. The summed E-state index contributed by atoms with van der Waals surface area (Å²) in [5.74, 6) is 0.270. The molecule has 0 saturated heterocycles. The second-order valence-corrected chi connectivity index (χ2v) is 6.16. The van der Waals surface area contributed by atoms with E-state index in [-0.39, 0.29) is 10.8 Å². The number of alkyl halides is 2. The first-order chi connectivity index (χ1) is 12.3. The monoisotopic (exact) mass is 449 g/mol. The minimum atomic E-state index is -2.98. The van der Waals surface area contributed by atoms with Crippen molar-refractivity contribution in [3.05, 3.63) is 45.4 Å². The summed E-state index contributed by atoms with van der Waals surface area (Å²) in [6.45, 7) is -0.776. The van der Waals surface area contributed by atoms with E-state index in [1.54, 1.807) is 6.07 Å². The van der Waals surface area contributed by atoms with Gasteiger partial charge in [0.1, 0.15) is 5.75 Å². The molecule has 0 aromatic heterocycles. The van der Waals surface area contributed by atoms with E-state index in [4.69, 9.17) is 21.1 Å². The topological polar surface area (TPSA) is 56.8 Å². The predicted molar refractivity (Wildman–Crippen MR) is 97.9 cm³/mol. The number of hydrogen-bond acceptors (Lipinski definition) is 4. The van der Waals surface area contributed by atoms with Crippen LogP contribution in [0.2, 0.25) is 5.02 Å². The van der Waals surface area contributed by atoms with Gasteiger partial charge >= 0.3 is 6.61 Å². The second kappa shape index (κ2) is 9.05. The lowest BCUT2D eigenvalue weighted by Crippen LogP contribution is -2.13. The van der Waals surface area contributed by atoms with Crippen molar-refractivity contribution in [2.45, 2.75) is 13.5 Å². The highest BCUT2D eigenvalue weighted by Gasteiger charge is 2.16. The average Bonchev–Trinajstić information content (AvgIpc) is 2.57. The number of ether oxygens (including phenoxy) is 3. The van der Waals surface area contributed by atoms with Gasteiger partial charge in [-0.05, 0) is 53.2 Å². The van der Waals surface area contributed by atoms with Crippen LogP contribution in [0.5, 0.6) is 17.2 Å². The molecule has 1 N–H and O–H groups in total. The quantitative estimate of drug-likeness (QED) is 0.617. The minimum Gasteiger partial charge on any atom is -0.492 e. The number of methoxy groups -OCH3 is 1. The summed E-state index contributed by atoms with van der Waals surface area (Å²) in [4.78, 5) is 12.5. The number of halogens is 4. The van der Waals surface area contributed by atoms with E-state index in [0.717, 1.165) is 0 Å². The Morgan fingerprint density at radius 1 is 1.27 bits per heavy atom. The van der Waals surface area contributed by atoms with Crippen LogP contribution in [0, 0.1) is 0 Å². The highest BCUT2D eigenvalue weighted by atomic mass is 79.9. The molecular formula is C17H15BrClF2NO4. The molecule has 0 unspecified atom stereocenters. The summed E-state index contributed by atoms with van der Waals surface area (Å²) >= 11 is 9.21. The lowest BCUT2D eigenvalue weighted by molar-refractivity contribution is -0.0497. The fourth-order valence-electron chi connectivity index (χ4n) is 2.13.